The third-order valence-corrected chi connectivity index (χ3v) is 4.45. The van der Waals surface area contributed by atoms with Gasteiger partial charge in [-0.05, 0) is 18.6 Å². The zero-order chi connectivity index (χ0) is 18.4. The van der Waals surface area contributed by atoms with Gasteiger partial charge >= 0.3 is 0 Å². The molecule has 1 atom stereocenters. The fraction of sp³-hybridized carbons (Fsp3) is 0.333. The lowest BCUT2D eigenvalue weighted by atomic mass is 10.2. The Hall–Kier alpha value is -1.91. The number of sulfonamides is 1. The van der Waals surface area contributed by atoms with E-state index in [9.17, 15) is 12.8 Å². The molecule has 0 aliphatic rings. The summed E-state index contributed by atoms with van der Waals surface area (Å²) in [5, 5.41) is 12.4. The molecule has 7 nitrogen and oxygen atoms in total. The topological polar surface area (TPSA) is 104 Å². The Labute approximate surface area is 150 Å². The highest BCUT2D eigenvalue weighted by molar-refractivity contribution is 7.98. The number of hydrogen-bond acceptors (Lipinski definition) is 7. The second-order valence-corrected chi connectivity index (χ2v) is 8.09. The molecule has 0 aliphatic carbocycles. The highest BCUT2D eigenvalue weighted by Gasteiger charge is 2.11. The van der Waals surface area contributed by atoms with Crippen molar-refractivity contribution in [3.63, 3.8) is 0 Å². The van der Waals surface area contributed by atoms with Crippen molar-refractivity contribution in [2.24, 2.45) is 0 Å². The highest BCUT2D eigenvalue weighted by atomic mass is 32.2. The van der Waals surface area contributed by atoms with Gasteiger partial charge in [-0.15, -0.1) is 0 Å². The molecule has 0 radical (unpaired) electrons. The van der Waals surface area contributed by atoms with Gasteiger partial charge in [-0.3, -0.25) is 4.72 Å². The van der Waals surface area contributed by atoms with Crippen LogP contribution in [0.15, 0.2) is 35.5 Å². The molecule has 2 aromatic rings. The summed E-state index contributed by atoms with van der Waals surface area (Å²) in [5.74, 6) is 0.428. The van der Waals surface area contributed by atoms with Crippen LogP contribution in [0.5, 0.6) is 0 Å². The Bertz CT molecular complexity index is 833. The lowest BCUT2D eigenvalue weighted by Crippen LogP contribution is -2.21. The van der Waals surface area contributed by atoms with Gasteiger partial charge in [0.05, 0.1) is 12.9 Å². The molecule has 0 spiro atoms. The van der Waals surface area contributed by atoms with E-state index < -0.39 is 10.0 Å². The quantitative estimate of drug-likeness (QED) is 0.471. The van der Waals surface area contributed by atoms with Crippen LogP contribution in [-0.2, 0) is 15.8 Å². The van der Waals surface area contributed by atoms with Gasteiger partial charge in [-0.1, -0.05) is 30.0 Å². The predicted molar refractivity (Wildman–Crippen MR) is 96.6 cm³/mol. The van der Waals surface area contributed by atoms with Gasteiger partial charge in [0.2, 0.25) is 10.0 Å². The number of hydrogen-bond donors (Lipinski definition) is 3. The first-order valence-electron chi connectivity index (χ1n) is 7.37. The van der Waals surface area contributed by atoms with Crippen LogP contribution < -0.4 is 10.0 Å². The summed E-state index contributed by atoms with van der Waals surface area (Å²) < 4.78 is 38.9. The molecule has 0 bridgehead atoms. The first-order chi connectivity index (χ1) is 11.8. The van der Waals surface area contributed by atoms with Crippen LogP contribution in [-0.4, -0.2) is 42.4 Å². The zero-order valence-corrected chi connectivity index (χ0v) is 15.4. The van der Waals surface area contributed by atoms with Crippen molar-refractivity contribution in [1.82, 2.24) is 9.97 Å². The largest absolute Gasteiger partial charge is 0.394 e. The zero-order valence-electron chi connectivity index (χ0n) is 13.7. The molecule has 0 unspecified atom stereocenters. The van der Waals surface area contributed by atoms with E-state index in [4.69, 9.17) is 5.11 Å². The average Bonchev–Trinajstić information content (AvgIpc) is 2.52. The van der Waals surface area contributed by atoms with Crippen LogP contribution >= 0.6 is 11.8 Å². The van der Waals surface area contributed by atoms with E-state index in [2.05, 4.69) is 20.0 Å². The minimum absolute atomic E-state index is 0.0983. The van der Waals surface area contributed by atoms with Crippen molar-refractivity contribution < 1.29 is 17.9 Å². The van der Waals surface area contributed by atoms with E-state index in [1.165, 1.54) is 23.9 Å². The van der Waals surface area contributed by atoms with Gasteiger partial charge in [-0.2, -0.15) is 0 Å². The Morgan fingerprint density at radius 1 is 1.28 bits per heavy atom. The summed E-state index contributed by atoms with van der Waals surface area (Å²) in [6, 6.07) is 7.53. The lowest BCUT2D eigenvalue weighted by Gasteiger charge is -2.14. The lowest BCUT2D eigenvalue weighted by molar-refractivity contribution is 0.281. The van der Waals surface area contributed by atoms with Gasteiger partial charge in [0.25, 0.3) is 0 Å². The summed E-state index contributed by atoms with van der Waals surface area (Å²) in [6.07, 6.45) is 1.02. The molecular formula is C15H19FN4O3S2. The minimum atomic E-state index is -3.51. The maximum atomic E-state index is 13.7. The average molecular weight is 386 g/mol. The number of halogens is 1. The molecule has 136 valence electrons. The fourth-order valence-electron chi connectivity index (χ4n) is 1.86. The molecule has 1 aromatic carbocycles. The maximum absolute atomic E-state index is 13.7. The summed E-state index contributed by atoms with van der Waals surface area (Å²) in [7, 11) is -3.51. The second-order valence-electron chi connectivity index (χ2n) is 5.40. The molecule has 1 aromatic heterocycles. The smallest absolute Gasteiger partial charge is 0.230 e. The van der Waals surface area contributed by atoms with Crippen molar-refractivity contribution in [1.29, 1.82) is 0 Å². The third kappa shape index (κ3) is 6.48. The van der Waals surface area contributed by atoms with Gasteiger partial charge in [0, 0.05) is 17.9 Å². The molecule has 10 heteroatoms. The Kier molecular flexibility index (Phi) is 6.57. The summed E-state index contributed by atoms with van der Waals surface area (Å²) in [6.45, 7) is 1.63. The number of benzene rings is 1. The van der Waals surface area contributed by atoms with E-state index in [0.29, 0.717) is 17.1 Å². The Balaban J connectivity index is 2.24. The van der Waals surface area contributed by atoms with Gasteiger partial charge in [-0.25, -0.2) is 22.8 Å². The third-order valence-electron chi connectivity index (χ3n) is 2.98. The molecule has 1 heterocycles. The summed E-state index contributed by atoms with van der Waals surface area (Å²) >= 11 is 1.18. The Morgan fingerprint density at radius 3 is 2.60 bits per heavy atom. The van der Waals surface area contributed by atoms with Crippen molar-refractivity contribution in [3.05, 3.63) is 41.7 Å². The number of rotatable bonds is 8. The van der Waals surface area contributed by atoms with Crippen molar-refractivity contribution >= 4 is 33.4 Å². The first-order valence-corrected chi connectivity index (χ1v) is 10.2. The van der Waals surface area contributed by atoms with E-state index in [-0.39, 0.29) is 29.4 Å². The van der Waals surface area contributed by atoms with Crippen molar-refractivity contribution in [3.8, 4) is 0 Å². The van der Waals surface area contributed by atoms with Gasteiger partial charge in [0.15, 0.2) is 5.16 Å². The number of aliphatic hydroxyl groups is 1. The SMILES string of the molecule is C[C@H](CO)Nc1cc(NS(C)(=O)=O)nc(SCc2ccccc2F)n1. The van der Waals surface area contributed by atoms with E-state index in [1.807, 2.05) is 0 Å². The second kappa shape index (κ2) is 8.45. The molecule has 0 saturated carbocycles. The molecule has 0 fully saturated rings. The van der Waals surface area contributed by atoms with E-state index >= 15 is 0 Å². The molecule has 0 aliphatic heterocycles. The number of aliphatic hydroxyl groups excluding tert-OH is 1. The summed E-state index contributed by atoms with van der Waals surface area (Å²) in [5.41, 5.74) is 0.496. The number of aromatic nitrogens is 2. The summed E-state index contributed by atoms with van der Waals surface area (Å²) in [4.78, 5) is 8.40. The van der Waals surface area contributed by atoms with Gasteiger partial charge < -0.3 is 10.4 Å². The number of nitrogens with one attached hydrogen (secondary N) is 2. The van der Waals surface area contributed by atoms with Crippen LogP contribution in [0.3, 0.4) is 0 Å². The maximum Gasteiger partial charge on any atom is 0.230 e. The van der Waals surface area contributed by atoms with Crippen molar-refractivity contribution in [2.75, 3.05) is 22.9 Å². The molecule has 0 saturated heterocycles. The standard InChI is InChI=1S/C15H19FN4O3S2/c1-10(8-21)17-13-7-14(20-25(2,22)23)19-15(18-13)24-9-11-5-3-4-6-12(11)16/h3-7,10,21H,8-9H2,1-2H3,(H2,17,18,19,20)/t10-/m1/s1. The van der Waals surface area contributed by atoms with Crippen molar-refractivity contribution in [2.45, 2.75) is 23.9 Å². The number of anilines is 2. The van der Waals surface area contributed by atoms with Gasteiger partial charge in [0.1, 0.15) is 17.5 Å². The fourth-order valence-corrected chi connectivity index (χ4v) is 3.19. The van der Waals surface area contributed by atoms with Crippen LogP contribution in [0.2, 0.25) is 0 Å². The Morgan fingerprint density at radius 2 is 1.96 bits per heavy atom. The predicted octanol–water partition coefficient (Wildman–Crippen LogP) is 2.07. The van der Waals surface area contributed by atoms with E-state index in [0.717, 1.165) is 6.26 Å². The molecule has 25 heavy (non-hydrogen) atoms. The molecule has 3 N–H and O–H groups in total. The number of nitrogens with zero attached hydrogens (tertiary/aromatic N) is 2. The molecule has 0 amide bonds. The van der Waals surface area contributed by atoms with Crippen LogP contribution in [0.4, 0.5) is 16.0 Å². The normalized spacial score (nSPS) is 12.6. The molecular weight excluding hydrogens is 367 g/mol. The van der Waals surface area contributed by atoms with E-state index in [1.54, 1.807) is 25.1 Å². The monoisotopic (exact) mass is 386 g/mol. The van der Waals surface area contributed by atoms with Crippen LogP contribution in [0, 0.1) is 5.82 Å². The first kappa shape index (κ1) is 19.4. The minimum Gasteiger partial charge on any atom is -0.394 e. The molecule has 2 rings (SSSR count). The van der Waals surface area contributed by atoms with Crippen LogP contribution in [0.25, 0.3) is 0 Å². The van der Waals surface area contributed by atoms with Crippen LogP contribution in [0.1, 0.15) is 12.5 Å². The highest BCUT2D eigenvalue weighted by Crippen LogP contribution is 2.24. The number of thioether (sulfide) groups is 1.